The number of nitrogens with zero attached hydrogens (tertiary/aromatic N) is 3. The monoisotopic (exact) mass is 369 g/mol. The lowest BCUT2D eigenvalue weighted by molar-refractivity contribution is -0.0379. The van der Waals surface area contributed by atoms with Crippen LogP contribution in [0.3, 0.4) is 0 Å². The average molecular weight is 369 g/mol. The first-order valence-electron chi connectivity index (χ1n) is 8.39. The zero-order valence-corrected chi connectivity index (χ0v) is 15.5. The predicted octanol–water partition coefficient (Wildman–Crippen LogP) is 2.65. The molecule has 6 nitrogen and oxygen atoms in total. The highest BCUT2D eigenvalue weighted by Gasteiger charge is 2.32. The zero-order chi connectivity index (χ0) is 18.5. The molecule has 0 fully saturated rings. The maximum Gasteiger partial charge on any atom is 0.338 e. The molecule has 4 rings (SSSR count). The molecule has 3 aromatic rings. The number of rotatable bonds is 3. The van der Waals surface area contributed by atoms with Gasteiger partial charge in [-0.25, -0.2) is 14.3 Å². The molecule has 0 radical (unpaired) electrons. The second-order valence-corrected chi connectivity index (χ2v) is 8.00. The van der Waals surface area contributed by atoms with E-state index in [4.69, 9.17) is 4.74 Å². The molecule has 4 heterocycles. The SMILES string of the molecule is C=CCn1c(=O)n(-c2ccccn2)c(=O)c2c3c(sc21)COC(C)(C)C3. The summed E-state index contributed by atoms with van der Waals surface area (Å²) in [5.41, 5.74) is -0.0873. The van der Waals surface area contributed by atoms with Gasteiger partial charge in [0, 0.05) is 24.0 Å². The second-order valence-electron chi connectivity index (χ2n) is 6.92. The molecule has 0 unspecified atom stereocenters. The normalized spacial score (nSPS) is 15.8. The van der Waals surface area contributed by atoms with Crippen LogP contribution in [-0.2, 0) is 24.3 Å². The van der Waals surface area contributed by atoms with E-state index in [1.807, 2.05) is 13.8 Å². The third-order valence-corrected chi connectivity index (χ3v) is 5.77. The Labute approximate surface area is 154 Å². The number of ether oxygens (including phenoxy) is 1. The fourth-order valence-corrected chi connectivity index (χ4v) is 4.56. The van der Waals surface area contributed by atoms with E-state index in [2.05, 4.69) is 11.6 Å². The van der Waals surface area contributed by atoms with Gasteiger partial charge in [-0.05, 0) is 31.5 Å². The Kier molecular flexibility index (Phi) is 3.93. The summed E-state index contributed by atoms with van der Waals surface area (Å²) in [5.74, 6) is 0.327. The first kappa shape index (κ1) is 16.9. The van der Waals surface area contributed by atoms with E-state index >= 15 is 0 Å². The molecule has 7 heteroatoms. The standard InChI is InChI=1S/C19H19N3O3S/c1-4-9-21-17-15(12-10-19(2,3)25-11-13(12)26-17)16(23)22(18(21)24)14-7-5-6-8-20-14/h4-8H,1,9-11H2,2-3H3. The van der Waals surface area contributed by atoms with Crippen LogP contribution in [0.5, 0.6) is 0 Å². The summed E-state index contributed by atoms with van der Waals surface area (Å²) in [5, 5.41) is 0.591. The van der Waals surface area contributed by atoms with E-state index in [0.717, 1.165) is 15.0 Å². The van der Waals surface area contributed by atoms with E-state index in [-0.39, 0.29) is 11.2 Å². The van der Waals surface area contributed by atoms with Gasteiger partial charge < -0.3 is 4.74 Å². The minimum absolute atomic E-state index is 0.320. The third-order valence-electron chi connectivity index (χ3n) is 4.54. The lowest BCUT2D eigenvalue weighted by atomic mass is 9.94. The summed E-state index contributed by atoms with van der Waals surface area (Å²) in [6.45, 7) is 8.55. The lowest BCUT2D eigenvalue weighted by Gasteiger charge is -2.29. The molecule has 0 amide bonds. The number of fused-ring (bicyclic) bond motifs is 3. The fraction of sp³-hybridized carbons (Fsp3) is 0.316. The van der Waals surface area contributed by atoms with E-state index in [1.54, 1.807) is 35.0 Å². The van der Waals surface area contributed by atoms with Crippen molar-refractivity contribution in [1.82, 2.24) is 14.1 Å². The molecule has 0 saturated carbocycles. The molecule has 0 bridgehead atoms. The van der Waals surface area contributed by atoms with Crippen molar-refractivity contribution in [1.29, 1.82) is 0 Å². The van der Waals surface area contributed by atoms with Gasteiger partial charge >= 0.3 is 5.69 Å². The van der Waals surface area contributed by atoms with Crippen LogP contribution < -0.4 is 11.2 Å². The van der Waals surface area contributed by atoms with E-state index in [1.165, 1.54) is 11.3 Å². The van der Waals surface area contributed by atoms with Gasteiger partial charge in [0.15, 0.2) is 0 Å². The molecular weight excluding hydrogens is 350 g/mol. The van der Waals surface area contributed by atoms with Crippen molar-refractivity contribution in [3.8, 4) is 5.82 Å². The highest BCUT2D eigenvalue weighted by atomic mass is 32.1. The van der Waals surface area contributed by atoms with Crippen LogP contribution in [0.1, 0.15) is 24.3 Å². The highest BCUT2D eigenvalue weighted by molar-refractivity contribution is 7.18. The Hall–Kier alpha value is -2.51. The topological polar surface area (TPSA) is 66.1 Å². The number of pyridine rings is 1. The number of thiophene rings is 1. The van der Waals surface area contributed by atoms with Crippen molar-refractivity contribution in [2.75, 3.05) is 0 Å². The van der Waals surface area contributed by atoms with Crippen LogP contribution in [0, 0.1) is 0 Å². The van der Waals surface area contributed by atoms with Gasteiger partial charge in [-0.1, -0.05) is 12.1 Å². The Balaban J connectivity index is 2.13. The van der Waals surface area contributed by atoms with Crippen molar-refractivity contribution < 1.29 is 4.74 Å². The van der Waals surface area contributed by atoms with Gasteiger partial charge in [-0.2, -0.15) is 0 Å². The predicted molar refractivity (Wildman–Crippen MR) is 102 cm³/mol. The number of allylic oxidation sites excluding steroid dienone is 1. The molecule has 0 aromatic carbocycles. The minimum Gasteiger partial charge on any atom is -0.370 e. The maximum absolute atomic E-state index is 13.3. The fourth-order valence-electron chi connectivity index (χ4n) is 3.33. The number of hydrogen-bond donors (Lipinski definition) is 0. The molecule has 3 aromatic heterocycles. The van der Waals surface area contributed by atoms with Crippen molar-refractivity contribution in [2.24, 2.45) is 0 Å². The van der Waals surface area contributed by atoms with Crippen LogP contribution >= 0.6 is 11.3 Å². The van der Waals surface area contributed by atoms with Crippen molar-refractivity contribution >= 4 is 21.6 Å². The molecule has 0 saturated heterocycles. The van der Waals surface area contributed by atoms with Gasteiger partial charge in [0.2, 0.25) is 0 Å². The van der Waals surface area contributed by atoms with Crippen molar-refractivity contribution in [3.05, 3.63) is 68.3 Å². The molecule has 0 aliphatic carbocycles. The van der Waals surface area contributed by atoms with Gasteiger partial charge in [-0.3, -0.25) is 9.36 Å². The summed E-state index contributed by atoms with van der Waals surface area (Å²) in [6, 6.07) is 5.18. The maximum atomic E-state index is 13.3. The average Bonchev–Trinajstić information content (AvgIpc) is 2.97. The molecule has 134 valence electrons. The second kappa shape index (κ2) is 6.03. The van der Waals surface area contributed by atoms with Gasteiger partial charge in [0.05, 0.1) is 17.6 Å². The van der Waals surface area contributed by atoms with E-state index < -0.39 is 5.69 Å². The lowest BCUT2D eigenvalue weighted by Crippen LogP contribution is -2.39. The zero-order valence-electron chi connectivity index (χ0n) is 14.7. The van der Waals surface area contributed by atoms with Crippen LogP contribution in [0.4, 0.5) is 0 Å². The van der Waals surface area contributed by atoms with Crippen molar-refractivity contribution in [2.45, 2.75) is 39.0 Å². The summed E-state index contributed by atoms with van der Waals surface area (Å²) in [4.78, 5) is 32.2. The van der Waals surface area contributed by atoms with E-state index in [9.17, 15) is 9.59 Å². The number of hydrogen-bond acceptors (Lipinski definition) is 5. The van der Waals surface area contributed by atoms with Crippen LogP contribution in [0.2, 0.25) is 0 Å². The smallest absolute Gasteiger partial charge is 0.338 e. The van der Waals surface area contributed by atoms with Crippen LogP contribution in [-0.4, -0.2) is 19.7 Å². The largest absolute Gasteiger partial charge is 0.370 e. The minimum atomic E-state index is -0.403. The van der Waals surface area contributed by atoms with E-state index in [0.29, 0.717) is 35.6 Å². The molecular formula is C19H19N3O3S. The molecule has 0 spiro atoms. The molecule has 1 aliphatic heterocycles. The summed E-state index contributed by atoms with van der Waals surface area (Å²) < 4.78 is 8.63. The summed E-state index contributed by atoms with van der Waals surface area (Å²) >= 11 is 1.46. The molecule has 1 aliphatic rings. The van der Waals surface area contributed by atoms with Crippen molar-refractivity contribution in [3.63, 3.8) is 0 Å². The summed E-state index contributed by atoms with van der Waals surface area (Å²) in [7, 11) is 0. The molecule has 0 N–H and O–H groups in total. The Bertz CT molecular complexity index is 1120. The third kappa shape index (κ3) is 2.55. The summed E-state index contributed by atoms with van der Waals surface area (Å²) in [6.07, 6.45) is 3.86. The first-order chi connectivity index (χ1) is 12.4. The van der Waals surface area contributed by atoms with Crippen LogP contribution in [0.25, 0.3) is 16.0 Å². The number of aromatic nitrogens is 3. The van der Waals surface area contributed by atoms with Crippen LogP contribution in [0.15, 0.2) is 46.6 Å². The van der Waals surface area contributed by atoms with Gasteiger partial charge in [0.1, 0.15) is 10.6 Å². The Morgan fingerprint density at radius 2 is 2.19 bits per heavy atom. The first-order valence-corrected chi connectivity index (χ1v) is 9.21. The highest BCUT2D eigenvalue weighted by Crippen LogP contribution is 2.37. The van der Waals surface area contributed by atoms with Gasteiger partial charge in [0.25, 0.3) is 5.56 Å². The molecule has 26 heavy (non-hydrogen) atoms. The molecule has 0 atom stereocenters. The Morgan fingerprint density at radius 3 is 2.88 bits per heavy atom. The van der Waals surface area contributed by atoms with Gasteiger partial charge in [-0.15, -0.1) is 17.9 Å². The quantitative estimate of drug-likeness (QED) is 0.666. The Morgan fingerprint density at radius 1 is 1.38 bits per heavy atom.